The summed E-state index contributed by atoms with van der Waals surface area (Å²) in [6.07, 6.45) is 6.95. The summed E-state index contributed by atoms with van der Waals surface area (Å²) in [6.45, 7) is 0. The molecule has 20 heavy (non-hydrogen) atoms. The van der Waals surface area contributed by atoms with Gasteiger partial charge in [0.05, 0.1) is 0 Å². The molecular formula is C20H20. The van der Waals surface area contributed by atoms with Crippen LogP contribution in [0.1, 0.15) is 43.6 Å². The van der Waals surface area contributed by atoms with Crippen LogP contribution in [-0.4, -0.2) is 0 Å². The molecule has 1 aliphatic carbocycles. The Morgan fingerprint density at radius 1 is 0.650 bits per heavy atom. The van der Waals surface area contributed by atoms with Crippen LogP contribution in [0.5, 0.6) is 0 Å². The van der Waals surface area contributed by atoms with Gasteiger partial charge < -0.3 is 0 Å². The monoisotopic (exact) mass is 260 g/mol. The number of rotatable bonds is 1. The molecule has 0 spiro atoms. The molecule has 100 valence electrons. The quantitative estimate of drug-likeness (QED) is 0.468. The third-order valence-electron chi connectivity index (χ3n) is 4.83. The zero-order valence-electron chi connectivity index (χ0n) is 11.8. The molecule has 0 nitrogen and oxygen atoms in total. The van der Waals surface area contributed by atoms with E-state index in [9.17, 15) is 0 Å². The van der Waals surface area contributed by atoms with Gasteiger partial charge in [0, 0.05) is 0 Å². The Morgan fingerprint density at radius 2 is 1.35 bits per heavy atom. The standard InChI is InChI=1S/C20H20/c1-2-7-15(8-3-1)19-12-6-11-18-13-16-9-4-5-10-17(16)14-20(18)19/h4-6,9-15H,1-3,7-8H2. The molecule has 0 bridgehead atoms. The largest absolute Gasteiger partial charge is 0.0616 e. The topological polar surface area (TPSA) is 0 Å². The second-order valence-electron chi connectivity index (χ2n) is 6.10. The lowest BCUT2D eigenvalue weighted by molar-refractivity contribution is 0.445. The van der Waals surface area contributed by atoms with Crippen LogP contribution in [0, 0.1) is 0 Å². The molecule has 0 amide bonds. The molecule has 3 aromatic carbocycles. The lowest BCUT2D eigenvalue weighted by Gasteiger charge is -2.23. The maximum Gasteiger partial charge on any atom is -0.0143 e. The van der Waals surface area contributed by atoms with Gasteiger partial charge in [-0.2, -0.15) is 0 Å². The molecule has 0 heterocycles. The number of fused-ring (bicyclic) bond motifs is 2. The lowest BCUT2D eigenvalue weighted by atomic mass is 9.82. The fourth-order valence-corrected chi connectivity index (χ4v) is 3.76. The number of benzene rings is 3. The van der Waals surface area contributed by atoms with Gasteiger partial charge in [0.2, 0.25) is 0 Å². The van der Waals surface area contributed by atoms with Crippen molar-refractivity contribution in [2.45, 2.75) is 38.0 Å². The average Bonchev–Trinajstić information content (AvgIpc) is 2.53. The van der Waals surface area contributed by atoms with E-state index in [1.807, 2.05) is 0 Å². The second-order valence-corrected chi connectivity index (χ2v) is 6.10. The molecule has 0 N–H and O–H groups in total. The van der Waals surface area contributed by atoms with Crippen LogP contribution in [0.3, 0.4) is 0 Å². The molecule has 1 saturated carbocycles. The minimum atomic E-state index is 0.772. The third-order valence-corrected chi connectivity index (χ3v) is 4.83. The van der Waals surface area contributed by atoms with Crippen molar-refractivity contribution < 1.29 is 0 Å². The Balaban J connectivity index is 1.94. The Hall–Kier alpha value is -1.82. The maximum atomic E-state index is 2.40. The fraction of sp³-hybridized carbons (Fsp3) is 0.300. The normalized spacial score (nSPS) is 16.8. The van der Waals surface area contributed by atoms with Crippen LogP contribution in [-0.2, 0) is 0 Å². The second kappa shape index (κ2) is 4.94. The molecule has 3 aromatic rings. The minimum Gasteiger partial charge on any atom is -0.0616 e. The van der Waals surface area contributed by atoms with E-state index in [0.29, 0.717) is 0 Å². The summed E-state index contributed by atoms with van der Waals surface area (Å²) in [4.78, 5) is 0. The van der Waals surface area contributed by atoms with Gasteiger partial charge in [-0.25, -0.2) is 0 Å². The summed E-state index contributed by atoms with van der Waals surface area (Å²) in [6, 6.07) is 20.3. The molecule has 0 atom stereocenters. The molecule has 0 aliphatic heterocycles. The number of hydrogen-bond donors (Lipinski definition) is 0. The Bertz CT molecular complexity index is 748. The van der Waals surface area contributed by atoms with Gasteiger partial charge in [-0.15, -0.1) is 0 Å². The van der Waals surface area contributed by atoms with E-state index >= 15 is 0 Å². The average molecular weight is 260 g/mol. The highest BCUT2D eigenvalue weighted by Gasteiger charge is 2.17. The summed E-state index contributed by atoms with van der Waals surface area (Å²) < 4.78 is 0. The van der Waals surface area contributed by atoms with Gasteiger partial charge in [0.15, 0.2) is 0 Å². The van der Waals surface area contributed by atoms with Crippen molar-refractivity contribution in [2.24, 2.45) is 0 Å². The summed E-state index contributed by atoms with van der Waals surface area (Å²) in [5.41, 5.74) is 1.58. The van der Waals surface area contributed by atoms with Crippen LogP contribution < -0.4 is 0 Å². The van der Waals surface area contributed by atoms with E-state index in [1.54, 1.807) is 5.56 Å². The molecule has 0 aromatic heterocycles. The first-order valence-corrected chi connectivity index (χ1v) is 7.83. The fourth-order valence-electron chi connectivity index (χ4n) is 3.76. The van der Waals surface area contributed by atoms with E-state index in [2.05, 4.69) is 54.6 Å². The Labute approximate surface area is 120 Å². The van der Waals surface area contributed by atoms with Crippen molar-refractivity contribution in [1.82, 2.24) is 0 Å². The van der Waals surface area contributed by atoms with Crippen LogP contribution in [0.15, 0.2) is 54.6 Å². The van der Waals surface area contributed by atoms with Crippen molar-refractivity contribution in [3.8, 4) is 0 Å². The van der Waals surface area contributed by atoms with Crippen molar-refractivity contribution in [3.05, 3.63) is 60.2 Å². The van der Waals surface area contributed by atoms with Gasteiger partial charge >= 0.3 is 0 Å². The van der Waals surface area contributed by atoms with Crippen molar-refractivity contribution in [1.29, 1.82) is 0 Å². The van der Waals surface area contributed by atoms with Crippen LogP contribution in [0.4, 0.5) is 0 Å². The Morgan fingerprint density at radius 3 is 2.15 bits per heavy atom. The van der Waals surface area contributed by atoms with E-state index in [0.717, 1.165) is 5.92 Å². The zero-order valence-corrected chi connectivity index (χ0v) is 11.8. The van der Waals surface area contributed by atoms with Gasteiger partial charge in [0.25, 0.3) is 0 Å². The highest BCUT2D eigenvalue weighted by atomic mass is 14.2. The van der Waals surface area contributed by atoms with Gasteiger partial charge in [0.1, 0.15) is 0 Å². The molecule has 1 aliphatic rings. The predicted molar refractivity (Wildman–Crippen MR) is 87.3 cm³/mol. The predicted octanol–water partition coefficient (Wildman–Crippen LogP) is 6.04. The first kappa shape index (κ1) is 12.0. The maximum absolute atomic E-state index is 2.40. The SMILES string of the molecule is c1ccc2cc3c(C4CCCCC4)cccc3cc2c1. The first-order valence-electron chi connectivity index (χ1n) is 7.83. The minimum absolute atomic E-state index is 0.772. The highest BCUT2D eigenvalue weighted by Crippen LogP contribution is 2.37. The van der Waals surface area contributed by atoms with Crippen LogP contribution in [0.2, 0.25) is 0 Å². The molecule has 1 fully saturated rings. The zero-order chi connectivity index (χ0) is 13.4. The molecule has 0 radical (unpaired) electrons. The molecule has 4 rings (SSSR count). The van der Waals surface area contributed by atoms with E-state index in [4.69, 9.17) is 0 Å². The third kappa shape index (κ3) is 2.00. The first-order chi connectivity index (χ1) is 9.92. The van der Waals surface area contributed by atoms with Crippen molar-refractivity contribution in [3.63, 3.8) is 0 Å². The summed E-state index contributed by atoms with van der Waals surface area (Å²) in [5, 5.41) is 5.58. The van der Waals surface area contributed by atoms with Crippen LogP contribution in [0.25, 0.3) is 21.5 Å². The van der Waals surface area contributed by atoms with Gasteiger partial charge in [-0.05, 0) is 58.0 Å². The van der Waals surface area contributed by atoms with E-state index in [1.165, 1.54) is 53.6 Å². The van der Waals surface area contributed by atoms with Crippen LogP contribution >= 0.6 is 0 Å². The highest BCUT2D eigenvalue weighted by molar-refractivity contribution is 5.99. The molecular weight excluding hydrogens is 240 g/mol. The molecule has 0 unspecified atom stereocenters. The Kier molecular flexibility index (Phi) is 2.95. The summed E-state index contributed by atoms with van der Waals surface area (Å²) in [7, 11) is 0. The lowest BCUT2D eigenvalue weighted by Crippen LogP contribution is -2.04. The van der Waals surface area contributed by atoms with Crippen molar-refractivity contribution in [2.75, 3.05) is 0 Å². The molecule has 0 saturated heterocycles. The van der Waals surface area contributed by atoms with E-state index in [-0.39, 0.29) is 0 Å². The number of hydrogen-bond acceptors (Lipinski definition) is 0. The van der Waals surface area contributed by atoms with Gasteiger partial charge in [-0.3, -0.25) is 0 Å². The summed E-state index contributed by atoms with van der Waals surface area (Å²) in [5.74, 6) is 0.772. The smallest absolute Gasteiger partial charge is 0.0143 e. The van der Waals surface area contributed by atoms with Crippen molar-refractivity contribution >= 4 is 21.5 Å². The molecule has 0 heteroatoms. The summed E-state index contributed by atoms with van der Waals surface area (Å²) >= 11 is 0. The van der Waals surface area contributed by atoms with E-state index < -0.39 is 0 Å². The van der Waals surface area contributed by atoms with Gasteiger partial charge in [-0.1, -0.05) is 61.7 Å².